The number of halogens is 3. The molecule has 202 valence electrons. The Hall–Kier alpha value is -3.45. The van der Waals surface area contributed by atoms with Crippen molar-refractivity contribution >= 4 is 34.0 Å². The van der Waals surface area contributed by atoms with Gasteiger partial charge in [-0.05, 0) is 43.7 Å². The average Bonchev–Trinajstić information content (AvgIpc) is 3.33. The lowest BCUT2D eigenvalue weighted by molar-refractivity contribution is -0.141. The number of ether oxygens (including phenoxy) is 1. The van der Waals surface area contributed by atoms with Gasteiger partial charge < -0.3 is 24.8 Å². The van der Waals surface area contributed by atoms with E-state index in [1.807, 2.05) is 19.1 Å². The van der Waals surface area contributed by atoms with Gasteiger partial charge in [0.2, 0.25) is 0 Å². The molecule has 0 atom stereocenters. The molecule has 9 nitrogen and oxygen atoms in total. The van der Waals surface area contributed by atoms with Gasteiger partial charge in [0.15, 0.2) is 5.13 Å². The number of likely N-dealkylation sites (N-methyl/N-ethyl adjacent to an activating group) is 1. The monoisotopic (exact) mass is 547 g/mol. The molecule has 4 heterocycles. The topological polar surface area (TPSA) is 86.7 Å². The maximum Gasteiger partial charge on any atom is 0.406 e. The summed E-state index contributed by atoms with van der Waals surface area (Å²) in [6.07, 6.45) is -2.44. The van der Waals surface area contributed by atoms with Crippen molar-refractivity contribution in [3.63, 3.8) is 0 Å². The molecule has 2 aliphatic rings. The number of thiazole rings is 1. The number of anilines is 3. The molecule has 1 fully saturated rings. The number of nitrogens with one attached hydrogen (secondary N) is 1. The molecule has 13 heteroatoms. The number of carbonyl (C=O) groups excluding carboxylic acids is 1. The maximum absolute atomic E-state index is 12.9. The van der Waals surface area contributed by atoms with Crippen LogP contribution in [0.4, 0.5) is 29.9 Å². The summed E-state index contributed by atoms with van der Waals surface area (Å²) >= 11 is 1.40. The molecule has 0 radical (unpaired) electrons. The van der Waals surface area contributed by atoms with E-state index in [-0.39, 0.29) is 17.9 Å². The van der Waals surface area contributed by atoms with E-state index in [9.17, 15) is 18.0 Å². The summed E-state index contributed by atoms with van der Waals surface area (Å²) in [4.78, 5) is 32.6. The van der Waals surface area contributed by atoms with E-state index in [4.69, 9.17) is 4.74 Å². The number of hydrogen-bond donors (Lipinski definition) is 1. The summed E-state index contributed by atoms with van der Waals surface area (Å²) in [5.74, 6) is 1.75. The lowest BCUT2D eigenvalue weighted by Crippen LogP contribution is -2.44. The van der Waals surface area contributed by atoms with Gasteiger partial charge in [-0.25, -0.2) is 15.0 Å². The molecule has 1 N–H and O–H groups in total. The van der Waals surface area contributed by atoms with Crippen molar-refractivity contribution in [1.29, 1.82) is 0 Å². The fourth-order valence-corrected chi connectivity index (χ4v) is 5.50. The minimum Gasteiger partial charge on any atom is -0.496 e. The maximum atomic E-state index is 12.9. The fraction of sp³-hybridized carbons (Fsp3) is 0.440. The van der Waals surface area contributed by atoms with Crippen molar-refractivity contribution < 1.29 is 22.7 Å². The number of nitrogens with zero attached hydrogens (tertiary/aromatic N) is 6. The van der Waals surface area contributed by atoms with Gasteiger partial charge in [-0.1, -0.05) is 11.3 Å². The second-order valence-corrected chi connectivity index (χ2v) is 10.4. The number of hydrogen-bond acceptors (Lipinski definition) is 9. The van der Waals surface area contributed by atoms with Crippen molar-refractivity contribution in [3.8, 4) is 16.2 Å². The Morgan fingerprint density at radius 3 is 2.58 bits per heavy atom. The van der Waals surface area contributed by atoms with Crippen LogP contribution in [0.15, 0.2) is 24.4 Å². The number of benzene rings is 1. The lowest BCUT2D eigenvalue weighted by atomic mass is 9.95. The van der Waals surface area contributed by atoms with E-state index in [1.165, 1.54) is 18.4 Å². The number of piperazine rings is 1. The van der Waals surface area contributed by atoms with Crippen LogP contribution < -0.4 is 15.0 Å². The molecule has 3 aromatic rings. The van der Waals surface area contributed by atoms with Gasteiger partial charge in [0.05, 0.1) is 17.6 Å². The first-order chi connectivity index (χ1) is 18.1. The van der Waals surface area contributed by atoms with Crippen LogP contribution in [0.25, 0.3) is 10.4 Å². The molecule has 5 rings (SSSR count). The highest BCUT2D eigenvalue weighted by Crippen LogP contribution is 2.38. The lowest BCUT2D eigenvalue weighted by Gasteiger charge is -2.33. The second-order valence-electron chi connectivity index (χ2n) is 9.41. The van der Waals surface area contributed by atoms with Gasteiger partial charge in [0, 0.05) is 45.0 Å². The minimum atomic E-state index is -4.46. The van der Waals surface area contributed by atoms with Crippen LogP contribution in [0.3, 0.4) is 0 Å². The van der Waals surface area contributed by atoms with E-state index in [0.717, 1.165) is 47.3 Å². The fourth-order valence-electron chi connectivity index (χ4n) is 4.69. The molecule has 0 bridgehead atoms. The zero-order valence-electron chi connectivity index (χ0n) is 21.3. The first kappa shape index (κ1) is 26.2. The summed E-state index contributed by atoms with van der Waals surface area (Å²) in [5, 5.41) is 3.90. The molecule has 2 aromatic heterocycles. The number of rotatable bonds is 6. The van der Waals surface area contributed by atoms with Crippen molar-refractivity contribution in [2.45, 2.75) is 19.5 Å². The molecule has 38 heavy (non-hydrogen) atoms. The summed E-state index contributed by atoms with van der Waals surface area (Å²) in [5.41, 5.74) is 1.62. The zero-order chi connectivity index (χ0) is 27.0. The number of aryl methyl sites for hydroxylation is 1. The van der Waals surface area contributed by atoms with E-state index in [1.54, 1.807) is 12.3 Å². The SMILES string of the molecule is COc1cc(-c2cnc(Nc3cc(N4CCN(C)CC4)nc(C)n3)s2)cc2c1C(=O)N(CC(F)(F)F)CC2. The highest BCUT2D eigenvalue weighted by atomic mass is 32.1. The quantitative estimate of drug-likeness (QED) is 0.496. The molecule has 2 aliphatic heterocycles. The van der Waals surface area contributed by atoms with Crippen LogP contribution >= 0.6 is 11.3 Å². The van der Waals surface area contributed by atoms with Crippen molar-refractivity contribution in [2.75, 3.05) is 63.6 Å². The number of fused-ring (bicyclic) bond motifs is 1. The molecule has 1 aromatic carbocycles. The molecule has 0 spiro atoms. The Labute approximate surface area is 222 Å². The largest absolute Gasteiger partial charge is 0.496 e. The minimum absolute atomic E-state index is 0.00382. The first-order valence-corrected chi connectivity index (χ1v) is 13.0. The van der Waals surface area contributed by atoms with Crippen LogP contribution in [-0.4, -0.2) is 90.3 Å². The predicted octanol–water partition coefficient (Wildman–Crippen LogP) is 3.97. The van der Waals surface area contributed by atoms with Gasteiger partial charge in [-0.15, -0.1) is 0 Å². The Bertz CT molecular complexity index is 1320. The molecule has 0 aliphatic carbocycles. The average molecular weight is 548 g/mol. The summed E-state index contributed by atoms with van der Waals surface area (Å²) in [7, 11) is 3.51. The third-order valence-electron chi connectivity index (χ3n) is 6.60. The molecule has 0 unspecified atom stereocenters. The van der Waals surface area contributed by atoms with Crippen LogP contribution in [-0.2, 0) is 6.42 Å². The van der Waals surface area contributed by atoms with Gasteiger partial charge >= 0.3 is 6.18 Å². The molecule has 0 saturated carbocycles. The second kappa shape index (κ2) is 10.4. The zero-order valence-corrected chi connectivity index (χ0v) is 22.1. The molecule has 1 saturated heterocycles. The Kier molecular flexibility index (Phi) is 7.14. The Morgan fingerprint density at radius 2 is 1.87 bits per heavy atom. The van der Waals surface area contributed by atoms with E-state index >= 15 is 0 Å². The van der Waals surface area contributed by atoms with Gasteiger partial charge in [-0.3, -0.25) is 4.79 Å². The van der Waals surface area contributed by atoms with Crippen LogP contribution in [0.2, 0.25) is 0 Å². The van der Waals surface area contributed by atoms with Gasteiger partial charge in [0.1, 0.15) is 29.8 Å². The van der Waals surface area contributed by atoms with Crippen molar-refractivity contribution in [1.82, 2.24) is 24.8 Å². The standard InChI is InChI=1S/C25H28F3N7O2S/c1-15-30-20(12-21(31-15)34-8-6-33(2)7-9-34)32-24-29-13-19(38-24)17-10-16-4-5-35(14-25(26,27)28)23(36)22(16)18(11-17)37-3/h10-13H,4-9,14H2,1-3H3,(H,29,30,31,32). The molecule has 1 amide bonds. The highest BCUT2D eigenvalue weighted by Gasteiger charge is 2.37. The van der Waals surface area contributed by atoms with Gasteiger partial charge in [-0.2, -0.15) is 13.2 Å². The van der Waals surface area contributed by atoms with Crippen LogP contribution in [0.5, 0.6) is 5.75 Å². The Morgan fingerprint density at radius 1 is 1.11 bits per heavy atom. The number of amides is 1. The summed E-state index contributed by atoms with van der Waals surface area (Å²) in [6.45, 7) is 4.30. The summed E-state index contributed by atoms with van der Waals surface area (Å²) < 4.78 is 44.2. The van der Waals surface area contributed by atoms with E-state index < -0.39 is 18.6 Å². The van der Waals surface area contributed by atoms with E-state index in [0.29, 0.717) is 28.8 Å². The third kappa shape index (κ3) is 5.68. The van der Waals surface area contributed by atoms with Crippen molar-refractivity contribution in [2.24, 2.45) is 0 Å². The van der Waals surface area contributed by atoms with E-state index in [2.05, 4.69) is 37.1 Å². The highest BCUT2D eigenvalue weighted by molar-refractivity contribution is 7.18. The smallest absolute Gasteiger partial charge is 0.406 e. The number of methoxy groups -OCH3 is 1. The molecular formula is C25H28F3N7O2S. The summed E-state index contributed by atoms with van der Waals surface area (Å²) in [6, 6.07) is 5.42. The van der Waals surface area contributed by atoms with Crippen LogP contribution in [0.1, 0.15) is 21.7 Å². The first-order valence-electron chi connectivity index (χ1n) is 12.2. The number of aromatic nitrogens is 3. The molecular weight excluding hydrogens is 519 g/mol. The van der Waals surface area contributed by atoms with Crippen molar-refractivity contribution in [3.05, 3.63) is 41.3 Å². The third-order valence-corrected chi connectivity index (χ3v) is 7.56. The predicted molar refractivity (Wildman–Crippen MR) is 140 cm³/mol. The Balaban J connectivity index is 1.36. The van der Waals surface area contributed by atoms with Gasteiger partial charge in [0.25, 0.3) is 5.91 Å². The van der Waals surface area contributed by atoms with Crippen LogP contribution in [0, 0.1) is 6.92 Å². The number of alkyl halides is 3. The number of carbonyl (C=O) groups is 1. The normalized spacial score (nSPS) is 16.5.